The minimum Gasteiger partial charge on any atom is -0.481 e. The first-order valence-electron chi connectivity index (χ1n) is 5.76. The summed E-state index contributed by atoms with van der Waals surface area (Å²) in [6.07, 6.45) is 5.97. The van der Waals surface area contributed by atoms with E-state index in [9.17, 15) is 9.59 Å². The van der Waals surface area contributed by atoms with Crippen molar-refractivity contribution in [2.24, 2.45) is 5.73 Å². The van der Waals surface area contributed by atoms with Gasteiger partial charge in [0.2, 0.25) is 0 Å². The van der Waals surface area contributed by atoms with Gasteiger partial charge in [0.25, 0.3) is 0 Å². The molecule has 0 saturated carbocycles. The first kappa shape index (κ1) is 18.0. The third kappa shape index (κ3) is 17.3. The van der Waals surface area contributed by atoms with Gasteiger partial charge in [-0.3, -0.25) is 9.59 Å². The molecule has 100 valence electrons. The predicted octanol–water partition coefficient (Wildman–Crippen LogP) is 2.02. The van der Waals surface area contributed by atoms with Gasteiger partial charge < -0.3 is 15.9 Å². The first-order valence-corrected chi connectivity index (χ1v) is 5.76. The zero-order valence-electron chi connectivity index (χ0n) is 10.4. The van der Waals surface area contributed by atoms with Gasteiger partial charge in [0, 0.05) is 6.42 Å². The second-order valence-electron chi connectivity index (χ2n) is 3.66. The van der Waals surface area contributed by atoms with Crippen molar-refractivity contribution in [1.29, 1.82) is 0 Å². The maximum atomic E-state index is 10.1. The molecule has 4 N–H and O–H groups in total. The van der Waals surface area contributed by atoms with Crippen LogP contribution in [-0.2, 0) is 9.59 Å². The fourth-order valence-corrected chi connectivity index (χ4v) is 0.945. The van der Waals surface area contributed by atoms with Crippen LogP contribution in [0.25, 0.3) is 0 Å². The van der Waals surface area contributed by atoms with Crippen molar-refractivity contribution < 1.29 is 19.8 Å². The van der Waals surface area contributed by atoms with Crippen molar-refractivity contribution in [2.75, 3.05) is 0 Å². The lowest BCUT2D eigenvalue weighted by molar-refractivity contribution is -0.139. The van der Waals surface area contributed by atoms with Crippen LogP contribution in [0.4, 0.5) is 0 Å². The van der Waals surface area contributed by atoms with Crippen LogP contribution < -0.4 is 5.73 Å². The predicted molar refractivity (Wildman–Crippen MR) is 66.8 cm³/mol. The molecule has 0 saturated heterocycles. The highest BCUT2D eigenvalue weighted by Crippen LogP contribution is 1.97. The summed E-state index contributed by atoms with van der Waals surface area (Å²) in [6, 6.07) is -0.662. The molecule has 0 aromatic heterocycles. The molecule has 17 heavy (non-hydrogen) atoms. The molecule has 0 radical (unpaired) electrons. The highest BCUT2D eigenvalue weighted by molar-refractivity contribution is 5.72. The van der Waals surface area contributed by atoms with Gasteiger partial charge in [-0.2, -0.15) is 0 Å². The SMILES string of the molecule is C=CCCCC(=O)O.CCCC[C@H](N)C(=O)O. The highest BCUT2D eigenvalue weighted by atomic mass is 16.4. The molecule has 0 unspecified atom stereocenters. The van der Waals surface area contributed by atoms with Gasteiger partial charge in [0.1, 0.15) is 6.04 Å². The maximum absolute atomic E-state index is 10.1. The Morgan fingerprint density at radius 3 is 2.29 bits per heavy atom. The second-order valence-corrected chi connectivity index (χ2v) is 3.66. The summed E-state index contributed by atoms with van der Waals surface area (Å²) >= 11 is 0. The molecular weight excluding hydrogens is 222 g/mol. The van der Waals surface area contributed by atoms with Crippen molar-refractivity contribution >= 4 is 11.9 Å². The Labute approximate surface area is 102 Å². The number of hydrogen-bond donors (Lipinski definition) is 3. The lowest BCUT2D eigenvalue weighted by atomic mass is 10.1. The normalized spacial score (nSPS) is 10.9. The third-order valence-corrected chi connectivity index (χ3v) is 1.98. The lowest BCUT2D eigenvalue weighted by Gasteiger charge is -2.02. The highest BCUT2D eigenvalue weighted by Gasteiger charge is 2.08. The maximum Gasteiger partial charge on any atom is 0.320 e. The molecule has 0 aliphatic carbocycles. The van der Waals surface area contributed by atoms with E-state index in [1.165, 1.54) is 0 Å². The molecular formula is C12H23NO4. The smallest absolute Gasteiger partial charge is 0.320 e. The Balaban J connectivity index is 0. The van der Waals surface area contributed by atoms with E-state index >= 15 is 0 Å². The zero-order chi connectivity index (χ0) is 13.7. The number of unbranched alkanes of at least 4 members (excludes halogenated alkanes) is 2. The second kappa shape index (κ2) is 12.7. The Bertz CT molecular complexity index is 229. The monoisotopic (exact) mass is 245 g/mol. The van der Waals surface area contributed by atoms with Gasteiger partial charge >= 0.3 is 11.9 Å². The molecule has 5 heteroatoms. The fraction of sp³-hybridized carbons (Fsp3) is 0.667. The summed E-state index contributed by atoms with van der Waals surface area (Å²) in [5.74, 6) is -1.63. The summed E-state index contributed by atoms with van der Waals surface area (Å²) in [6.45, 7) is 5.47. The van der Waals surface area contributed by atoms with E-state index in [0.717, 1.165) is 19.3 Å². The van der Waals surface area contributed by atoms with Crippen molar-refractivity contribution in [3.05, 3.63) is 12.7 Å². The Morgan fingerprint density at radius 1 is 1.35 bits per heavy atom. The van der Waals surface area contributed by atoms with Crippen molar-refractivity contribution in [1.82, 2.24) is 0 Å². The van der Waals surface area contributed by atoms with E-state index in [1.807, 2.05) is 6.92 Å². The molecule has 0 spiro atoms. The molecule has 0 aromatic carbocycles. The van der Waals surface area contributed by atoms with Gasteiger partial charge in [-0.25, -0.2) is 0 Å². The van der Waals surface area contributed by atoms with Crippen molar-refractivity contribution in [3.8, 4) is 0 Å². The van der Waals surface area contributed by atoms with Crippen LogP contribution in [0.15, 0.2) is 12.7 Å². The van der Waals surface area contributed by atoms with Crippen molar-refractivity contribution in [2.45, 2.75) is 51.5 Å². The van der Waals surface area contributed by atoms with Crippen LogP contribution in [0.3, 0.4) is 0 Å². The van der Waals surface area contributed by atoms with Crippen LogP contribution >= 0.6 is 0 Å². The van der Waals surface area contributed by atoms with Crippen molar-refractivity contribution in [3.63, 3.8) is 0 Å². The van der Waals surface area contributed by atoms with E-state index in [4.69, 9.17) is 15.9 Å². The number of hydrogen-bond acceptors (Lipinski definition) is 3. The Morgan fingerprint density at radius 2 is 1.94 bits per heavy atom. The molecule has 0 amide bonds. The molecule has 0 heterocycles. The molecule has 1 atom stereocenters. The minimum absolute atomic E-state index is 0.256. The number of rotatable bonds is 8. The molecule has 0 aromatic rings. The van der Waals surface area contributed by atoms with E-state index in [2.05, 4.69) is 6.58 Å². The minimum atomic E-state index is -0.900. The van der Waals surface area contributed by atoms with Crippen LogP contribution in [0.5, 0.6) is 0 Å². The average Bonchev–Trinajstić information content (AvgIpc) is 2.26. The summed E-state index contributed by atoms with van der Waals surface area (Å²) < 4.78 is 0. The van der Waals surface area contributed by atoms with Gasteiger partial charge in [-0.15, -0.1) is 6.58 Å². The Hall–Kier alpha value is -1.36. The molecule has 0 aliphatic rings. The van der Waals surface area contributed by atoms with Crippen LogP contribution in [0, 0.1) is 0 Å². The molecule has 0 rings (SSSR count). The third-order valence-electron chi connectivity index (χ3n) is 1.98. The van der Waals surface area contributed by atoms with Gasteiger partial charge in [-0.1, -0.05) is 25.8 Å². The molecule has 5 nitrogen and oxygen atoms in total. The van der Waals surface area contributed by atoms with Crippen LogP contribution in [0.2, 0.25) is 0 Å². The van der Waals surface area contributed by atoms with E-state index in [0.29, 0.717) is 12.8 Å². The topological polar surface area (TPSA) is 101 Å². The fourth-order valence-electron chi connectivity index (χ4n) is 0.945. The standard InChI is InChI=1S/C6H13NO2.C6H10O2/c1-2-3-4-5(7)6(8)9;1-2-3-4-5-6(7)8/h5H,2-4,7H2,1H3,(H,8,9);2H,1,3-5H2,(H,7,8)/t5-;/m0./s1. The van der Waals surface area contributed by atoms with Gasteiger partial charge in [-0.05, 0) is 19.3 Å². The number of allylic oxidation sites excluding steroid dienone is 1. The summed E-state index contributed by atoms with van der Waals surface area (Å²) in [7, 11) is 0. The van der Waals surface area contributed by atoms with Gasteiger partial charge in [0.15, 0.2) is 0 Å². The van der Waals surface area contributed by atoms with E-state index in [-0.39, 0.29) is 6.42 Å². The van der Waals surface area contributed by atoms with Crippen LogP contribution in [0.1, 0.15) is 45.4 Å². The first-order chi connectivity index (χ1) is 7.95. The van der Waals surface area contributed by atoms with E-state index < -0.39 is 18.0 Å². The molecule has 0 fully saturated rings. The molecule has 0 bridgehead atoms. The largest absolute Gasteiger partial charge is 0.481 e. The van der Waals surface area contributed by atoms with Crippen LogP contribution in [-0.4, -0.2) is 28.2 Å². The summed E-state index contributed by atoms with van der Waals surface area (Å²) in [4.78, 5) is 19.9. The zero-order valence-corrected chi connectivity index (χ0v) is 10.4. The van der Waals surface area contributed by atoms with E-state index in [1.54, 1.807) is 6.08 Å². The Kier molecular flexibility index (Phi) is 13.5. The molecule has 0 aliphatic heterocycles. The van der Waals surface area contributed by atoms with Gasteiger partial charge in [0.05, 0.1) is 0 Å². The quantitative estimate of drug-likeness (QED) is 0.448. The summed E-state index contributed by atoms with van der Waals surface area (Å²) in [5, 5.41) is 16.4. The number of nitrogens with two attached hydrogens (primary N) is 1. The number of carboxylic acids is 2. The number of carboxylic acid groups (broad SMARTS) is 2. The lowest BCUT2D eigenvalue weighted by Crippen LogP contribution is -2.29. The number of carbonyl (C=O) groups is 2. The average molecular weight is 245 g/mol. The summed E-state index contributed by atoms with van der Waals surface area (Å²) in [5.41, 5.74) is 5.20. The number of aliphatic carboxylic acids is 2.